The van der Waals surface area contributed by atoms with Gasteiger partial charge in [0.15, 0.2) is 0 Å². The fourth-order valence-electron chi connectivity index (χ4n) is 3.76. The SMILES string of the molecule is O=C1OC[C@@H]2C3OC(C4=C3CCCC4)[C@H]12. The first-order chi connectivity index (χ1) is 7.36. The molecular formula is C12H14O3. The highest BCUT2D eigenvalue weighted by Gasteiger charge is 2.59. The largest absolute Gasteiger partial charge is 0.465 e. The van der Waals surface area contributed by atoms with E-state index in [1.54, 1.807) is 0 Å². The van der Waals surface area contributed by atoms with Gasteiger partial charge in [-0.2, -0.15) is 0 Å². The van der Waals surface area contributed by atoms with Crippen molar-refractivity contribution in [3.63, 3.8) is 0 Å². The fourth-order valence-corrected chi connectivity index (χ4v) is 3.76. The third kappa shape index (κ3) is 0.882. The van der Waals surface area contributed by atoms with Crippen LogP contribution in [-0.2, 0) is 14.3 Å². The first kappa shape index (κ1) is 8.34. The summed E-state index contributed by atoms with van der Waals surface area (Å²) in [5.41, 5.74) is 2.97. The molecule has 2 bridgehead atoms. The maximum atomic E-state index is 11.6. The van der Waals surface area contributed by atoms with Crippen molar-refractivity contribution in [2.75, 3.05) is 6.61 Å². The van der Waals surface area contributed by atoms with E-state index in [1.165, 1.54) is 30.4 Å². The molecule has 15 heavy (non-hydrogen) atoms. The lowest BCUT2D eigenvalue weighted by atomic mass is 9.73. The van der Waals surface area contributed by atoms with Crippen LogP contribution < -0.4 is 0 Å². The van der Waals surface area contributed by atoms with E-state index in [9.17, 15) is 4.79 Å². The molecule has 80 valence electrons. The molecule has 0 N–H and O–H groups in total. The Balaban J connectivity index is 1.79. The summed E-state index contributed by atoms with van der Waals surface area (Å²) in [4.78, 5) is 11.6. The Hall–Kier alpha value is -0.830. The predicted molar refractivity (Wildman–Crippen MR) is 52.1 cm³/mol. The van der Waals surface area contributed by atoms with E-state index in [1.807, 2.05) is 0 Å². The van der Waals surface area contributed by atoms with Gasteiger partial charge in [-0.15, -0.1) is 0 Å². The van der Waals surface area contributed by atoms with Crippen molar-refractivity contribution in [3.05, 3.63) is 11.1 Å². The Labute approximate surface area is 88.4 Å². The maximum absolute atomic E-state index is 11.6. The molecule has 4 aliphatic rings. The van der Waals surface area contributed by atoms with E-state index in [4.69, 9.17) is 9.47 Å². The van der Waals surface area contributed by atoms with Gasteiger partial charge in [-0.3, -0.25) is 4.79 Å². The Morgan fingerprint density at radius 2 is 1.80 bits per heavy atom. The van der Waals surface area contributed by atoms with Gasteiger partial charge in [-0.05, 0) is 36.8 Å². The lowest BCUT2D eigenvalue weighted by Crippen LogP contribution is -2.31. The van der Waals surface area contributed by atoms with Crippen LogP contribution >= 0.6 is 0 Å². The second kappa shape index (κ2) is 2.64. The monoisotopic (exact) mass is 206 g/mol. The van der Waals surface area contributed by atoms with E-state index in [0.29, 0.717) is 12.5 Å². The molecule has 3 heteroatoms. The van der Waals surface area contributed by atoms with Gasteiger partial charge < -0.3 is 9.47 Å². The second-order valence-electron chi connectivity index (χ2n) is 5.05. The summed E-state index contributed by atoms with van der Waals surface area (Å²) in [6.07, 6.45) is 5.20. The van der Waals surface area contributed by atoms with Crippen molar-refractivity contribution in [1.82, 2.24) is 0 Å². The molecule has 0 radical (unpaired) electrons. The summed E-state index contributed by atoms with van der Waals surface area (Å²) in [6, 6.07) is 0. The highest BCUT2D eigenvalue weighted by molar-refractivity contribution is 5.78. The Morgan fingerprint density at radius 3 is 2.60 bits per heavy atom. The molecule has 0 amide bonds. The van der Waals surface area contributed by atoms with Crippen molar-refractivity contribution >= 4 is 5.97 Å². The van der Waals surface area contributed by atoms with Crippen LogP contribution in [0.1, 0.15) is 25.7 Å². The smallest absolute Gasteiger partial charge is 0.312 e. The lowest BCUT2D eigenvalue weighted by molar-refractivity contribution is -0.143. The van der Waals surface area contributed by atoms with Gasteiger partial charge in [0.2, 0.25) is 0 Å². The highest BCUT2D eigenvalue weighted by atomic mass is 16.6. The Morgan fingerprint density at radius 1 is 1.07 bits per heavy atom. The standard InChI is InChI=1S/C12H14O3/c13-12-9-8(5-14-12)10-6-3-1-2-4-7(6)11(9)15-10/h8-11H,1-5H2/t8-,9+,10?,11?/m0/s1. The van der Waals surface area contributed by atoms with Gasteiger partial charge in [0, 0.05) is 5.92 Å². The van der Waals surface area contributed by atoms with Gasteiger partial charge >= 0.3 is 5.97 Å². The van der Waals surface area contributed by atoms with Crippen molar-refractivity contribution < 1.29 is 14.3 Å². The number of hydrogen-bond donors (Lipinski definition) is 0. The zero-order valence-corrected chi connectivity index (χ0v) is 8.57. The minimum atomic E-state index is -0.0235. The molecule has 4 atom stereocenters. The number of hydrogen-bond acceptors (Lipinski definition) is 3. The highest BCUT2D eigenvalue weighted by Crippen LogP contribution is 2.53. The average Bonchev–Trinajstić information content (AvgIpc) is 2.90. The van der Waals surface area contributed by atoms with Crippen molar-refractivity contribution in [2.45, 2.75) is 37.9 Å². The molecule has 0 aromatic carbocycles. The first-order valence-electron chi connectivity index (χ1n) is 5.90. The van der Waals surface area contributed by atoms with Crippen LogP contribution in [-0.4, -0.2) is 24.8 Å². The topological polar surface area (TPSA) is 35.5 Å². The molecule has 0 spiro atoms. The second-order valence-corrected chi connectivity index (χ2v) is 5.05. The summed E-state index contributed by atoms with van der Waals surface area (Å²) in [5, 5.41) is 0. The molecule has 1 aliphatic carbocycles. The average molecular weight is 206 g/mol. The quantitative estimate of drug-likeness (QED) is 0.444. The number of fused-ring (bicyclic) bond motifs is 7. The molecule has 2 saturated heterocycles. The molecule has 3 heterocycles. The Kier molecular flexibility index (Phi) is 1.47. The molecule has 0 aromatic heterocycles. The van der Waals surface area contributed by atoms with Crippen LogP contribution in [0.25, 0.3) is 0 Å². The number of esters is 1. The van der Waals surface area contributed by atoms with E-state index in [2.05, 4.69) is 0 Å². The van der Waals surface area contributed by atoms with Crippen LogP contribution in [0.4, 0.5) is 0 Å². The summed E-state index contributed by atoms with van der Waals surface area (Å²) in [6.45, 7) is 0.585. The van der Waals surface area contributed by atoms with E-state index >= 15 is 0 Å². The summed E-state index contributed by atoms with van der Waals surface area (Å²) in [5.74, 6) is 0.343. The maximum Gasteiger partial charge on any atom is 0.312 e. The Bertz CT molecular complexity index is 371. The van der Waals surface area contributed by atoms with Gasteiger partial charge in [0.05, 0.1) is 24.7 Å². The van der Waals surface area contributed by atoms with Crippen LogP contribution in [0.5, 0.6) is 0 Å². The van der Waals surface area contributed by atoms with E-state index in [0.717, 1.165) is 6.42 Å². The van der Waals surface area contributed by atoms with Crippen LogP contribution in [0.15, 0.2) is 11.1 Å². The number of rotatable bonds is 0. The minimum absolute atomic E-state index is 0.0235. The molecule has 0 saturated carbocycles. The molecule has 2 unspecified atom stereocenters. The molecule has 3 nitrogen and oxygen atoms in total. The summed E-state index contributed by atoms with van der Waals surface area (Å²) in [7, 11) is 0. The first-order valence-corrected chi connectivity index (χ1v) is 5.90. The fraction of sp³-hybridized carbons (Fsp3) is 0.750. The zero-order valence-electron chi connectivity index (χ0n) is 8.57. The summed E-state index contributed by atoms with van der Waals surface area (Å²) < 4.78 is 11.1. The lowest BCUT2D eigenvalue weighted by Gasteiger charge is -2.26. The van der Waals surface area contributed by atoms with Crippen LogP contribution in [0, 0.1) is 11.8 Å². The van der Waals surface area contributed by atoms with Gasteiger partial charge in [-0.25, -0.2) is 0 Å². The molecule has 4 rings (SSSR count). The predicted octanol–water partition coefficient (Wildman–Crippen LogP) is 1.43. The van der Waals surface area contributed by atoms with Crippen LogP contribution in [0.2, 0.25) is 0 Å². The van der Waals surface area contributed by atoms with Crippen LogP contribution in [0.3, 0.4) is 0 Å². The van der Waals surface area contributed by atoms with E-state index < -0.39 is 0 Å². The third-order valence-electron chi connectivity index (χ3n) is 4.40. The molecule has 2 fully saturated rings. The third-order valence-corrected chi connectivity index (χ3v) is 4.40. The molecule has 3 aliphatic heterocycles. The number of cyclic esters (lactones) is 1. The van der Waals surface area contributed by atoms with Gasteiger partial charge in [0.1, 0.15) is 0 Å². The molecule has 0 aromatic rings. The minimum Gasteiger partial charge on any atom is -0.465 e. The zero-order chi connectivity index (χ0) is 9.99. The summed E-state index contributed by atoms with van der Waals surface area (Å²) >= 11 is 0. The number of carbonyl (C=O) groups excluding carboxylic acids is 1. The van der Waals surface area contributed by atoms with Crippen molar-refractivity contribution in [3.8, 4) is 0 Å². The van der Waals surface area contributed by atoms with E-state index in [-0.39, 0.29) is 24.1 Å². The van der Waals surface area contributed by atoms with Gasteiger partial charge in [-0.1, -0.05) is 0 Å². The normalized spacial score (nSPS) is 46.8. The molecular weight excluding hydrogens is 192 g/mol. The van der Waals surface area contributed by atoms with Gasteiger partial charge in [0.25, 0.3) is 0 Å². The van der Waals surface area contributed by atoms with Crippen molar-refractivity contribution in [1.29, 1.82) is 0 Å². The number of carbonyl (C=O) groups is 1. The van der Waals surface area contributed by atoms with Crippen molar-refractivity contribution in [2.24, 2.45) is 11.8 Å². The number of ether oxygens (including phenoxy) is 2.